The number of halogens is 3. The Kier molecular flexibility index (Phi) is 7.69. The van der Waals surface area contributed by atoms with Gasteiger partial charge in [-0.2, -0.15) is 13.2 Å². The summed E-state index contributed by atoms with van der Waals surface area (Å²) in [6, 6.07) is 4.49. The van der Waals surface area contributed by atoms with E-state index in [2.05, 4.69) is 5.32 Å². The van der Waals surface area contributed by atoms with Gasteiger partial charge in [0.05, 0.1) is 24.6 Å². The van der Waals surface area contributed by atoms with Gasteiger partial charge in [-0.25, -0.2) is 0 Å². The van der Waals surface area contributed by atoms with Gasteiger partial charge in [-0.3, -0.25) is 14.5 Å². The van der Waals surface area contributed by atoms with Gasteiger partial charge in [0, 0.05) is 6.54 Å². The smallest absolute Gasteiger partial charge is 0.416 e. The Hall–Kier alpha value is -2.29. The Morgan fingerprint density at radius 3 is 2.64 bits per heavy atom. The predicted molar refractivity (Wildman–Crippen MR) is 84.2 cm³/mol. The molecule has 0 fully saturated rings. The van der Waals surface area contributed by atoms with Gasteiger partial charge in [-0.05, 0) is 25.2 Å². The van der Waals surface area contributed by atoms with Crippen molar-refractivity contribution in [2.45, 2.75) is 13.1 Å². The van der Waals surface area contributed by atoms with Crippen molar-refractivity contribution in [2.24, 2.45) is 5.92 Å². The number of nitrogens with one attached hydrogen (secondary N) is 1. The van der Waals surface area contributed by atoms with E-state index in [9.17, 15) is 22.8 Å². The van der Waals surface area contributed by atoms with Gasteiger partial charge in [0.25, 0.3) is 0 Å². The van der Waals surface area contributed by atoms with Crippen molar-refractivity contribution in [3.05, 3.63) is 29.8 Å². The number of carboxylic acids is 1. The minimum Gasteiger partial charge on any atom is -0.492 e. The molecule has 1 rings (SSSR count). The van der Waals surface area contributed by atoms with Crippen LogP contribution in [0.4, 0.5) is 13.2 Å². The Balaban J connectivity index is 2.31. The zero-order valence-electron chi connectivity index (χ0n) is 14.0. The number of carbonyl (C=O) groups is 2. The average molecular weight is 362 g/mol. The number of aliphatic carboxylic acids is 1. The lowest BCUT2D eigenvalue weighted by atomic mass is 10.2. The van der Waals surface area contributed by atoms with E-state index < -0.39 is 23.6 Å². The Morgan fingerprint density at radius 2 is 2.04 bits per heavy atom. The number of hydrogen-bond acceptors (Lipinski definition) is 4. The minimum absolute atomic E-state index is 0.0151. The van der Waals surface area contributed by atoms with Crippen LogP contribution in [0.25, 0.3) is 0 Å². The summed E-state index contributed by atoms with van der Waals surface area (Å²) in [5.74, 6) is -1.80. The Morgan fingerprint density at radius 1 is 1.36 bits per heavy atom. The highest BCUT2D eigenvalue weighted by Crippen LogP contribution is 2.31. The van der Waals surface area contributed by atoms with Gasteiger partial charge in [0.2, 0.25) is 5.91 Å². The zero-order valence-corrected chi connectivity index (χ0v) is 14.0. The van der Waals surface area contributed by atoms with Crippen LogP contribution >= 0.6 is 0 Å². The van der Waals surface area contributed by atoms with E-state index in [1.54, 1.807) is 18.9 Å². The average Bonchev–Trinajstić information content (AvgIpc) is 2.50. The molecule has 2 N–H and O–H groups in total. The molecule has 0 saturated carbocycles. The molecule has 1 aromatic carbocycles. The maximum absolute atomic E-state index is 12.6. The molecule has 1 unspecified atom stereocenters. The van der Waals surface area contributed by atoms with E-state index in [1.165, 1.54) is 12.1 Å². The SMILES string of the molecule is CC(CN(C)CC(=O)NCCOc1cccc(C(F)(F)F)c1)C(=O)O. The van der Waals surface area contributed by atoms with Crippen LogP contribution < -0.4 is 10.1 Å². The number of hydrogen-bond donors (Lipinski definition) is 2. The number of likely N-dealkylation sites (N-methyl/N-ethyl adjacent to an activating group) is 1. The van der Waals surface area contributed by atoms with Crippen molar-refractivity contribution in [3.8, 4) is 5.75 Å². The molecule has 0 aromatic heterocycles. The lowest BCUT2D eigenvalue weighted by Crippen LogP contribution is -2.39. The highest BCUT2D eigenvalue weighted by atomic mass is 19.4. The molecule has 0 heterocycles. The van der Waals surface area contributed by atoms with Crippen LogP contribution in [0.1, 0.15) is 12.5 Å². The van der Waals surface area contributed by atoms with Gasteiger partial charge in [0.1, 0.15) is 12.4 Å². The first-order valence-electron chi connectivity index (χ1n) is 7.57. The van der Waals surface area contributed by atoms with E-state index in [-0.39, 0.29) is 37.9 Å². The maximum atomic E-state index is 12.6. The van der Waals surface area contributed by atoms with Gasteiger partial charge in [-0.1, -0.05) is 13.0 Å². The minimum atomic E-state index is -4.44. The lowest BCUT2D eigenvalue weighted by molar-refractivity contribution is -0.142. The largest absolute Gasteiger partial charge is 0.492 e. The first-order chi connectivity index (χ1) is 11.6. The molecule has 0 spiro atoms. The van der Waals surface area contributed by atoms with Crippen LogP contribution in [-0.4, -0.2) is 55.2 Å². The molecule has 25 heavy (non-hydrogen) atoms. The van der Waals surface area contributed by atoms with E-state index >= 15 is 0 Å². The molecule has 140 valence electrons. The quantitative estimate of drug-likeness (QED) is 0.656. The summed E-state index contributed by atoms with van der Waals surface area (Å²) >= 11 is 0. The van der Waals surface area contributed by atoms with E-state index in [1.807, 2.05) is 0 Å². The second-order valence-corrected chi connectivity index (χ2v) is 5.66. The number of carbonyl (C=O) groups excluding carboxylic acids is 1. The van der Waals surface area contributed by atoms with Crippen molar-refractivity contribution >= 4 is 11.9 Å². The summed E-state index contributed by atoms with van der Waals surface area (Å²) in [6.45, 7) is 1.92. The second kappa shape index (κ2) is 9.26. The third kappa shape index (κ3) is 7.88. The Labute approximate surface area is 143 Å². The van der Waals surface area contributed by atoms with Gasteiger partial charge in [-0.15, -0.1) is 0 Å². The molecule has 9 heteroatoms. The molecule has 0 aliphatic heterocycles. The molecule has 0 aliphatic carbocycles. The number of carboxylic acid groups (broad SMARTS) is 1. The lowest BCUT2D eigenvalue weighted by Gasteiger charge is -2.18. The molecular weight excluding hydrogens is 341 g/mol. The standard InChI is InChI=1S/C16H21F3N2O4/c1-11(15(23)24)9-21(2)10-14(22)20-6-7-25-13-5-3-4-12(8-13)16(17,18)19/h3-5,8,11H,6-7,9-10H2,1-2H3,(H,20,22)(H,23,24). The first kappa shape index (κ1) is 20.8. The summed E-state index contributed by atoms with van der Waals surface area (Å²) < 4.78 is 42.9. The van der Waals surface area contributed by atoms with Crippen molar-refractivity contribution in [1.82, 2.24) is 10.2 Å². The van der Waals surface area contributed by atoms with Crippen LogP contribution in [0.3, 0.4) is 0 Å². The number of ether oxygens (including phenoxy) is 1. The second-order valence-electron chi connectivity index (χ2n) is 5.66. The normalized spacial score (nSPS) is 12.7. The summed E-state index contributed by atoms with van der Waals surface area (Å²) in [5, 5.41) is 11.4. The van der Waals surface area contributed by atoms with Gasteiger partial charge >= 0.3 is 12.1 Å². The van der Waals surface area contributed by atoms with Crippen LogP contribution in [0, 0.1) is 5.92 Å². The predicted octanol–water partition coefficient (Wildman–Crippen LogP) is 1.85. The first-order valence-corrected chi connectivity index (χ1v) is 7.57. The van der Waals surface area contributed by atoms with Crippen LogP contribution in [0.2, 0.25) is 0 Å². The number of nitrogens with zero attached hydrogens (tertiary/aromatic N) is 1. The van der Waals surface area contributed by atoms with Crippen molar-refractivity contribution in [1.29, 1.82) is 0 Å². The van der Waals surface area contributed by atoms with Crippen LogP contribution in [0.15, 0.2) is 24.3 Å². The fraction of sp³-hybridized carbons (Fsp3) is 0.500. The fourth-order valence-corrected chi connectivity index (χ4v) is 2.03. The number of rotatable bonds is 9. The summed E-state index contributed by atoms with van der Waals surface area (Å²) in [6.07, 6.45) is -4.44. The summed E-state index contributed by atoms with van der Waals surface area (Å²) in [5.41, 5.74) is -0.803. The molecule has 0 aliphatic rings. The summed E-state index contributed by atoms with van der Waals surface area (Å²) in [4.78, 5) is 24.0. The number of alkyl halides is 3. The van der Waals surface area contributed by atoms with Crippen molar-refractivity contribution in [3.63, 3.8) is 0 Å². The zero-order chi connectivity index (χ0) is 19.0. The van der Waals surface area contributed by atoms with Gasteiger partial charge in [0.15, 0.2) is 0 Å². The number of benzene rings is 1. The van der Waals surface area contributed by atoms with Crippen molar-refractivity contribution < 1.29 is 32.6 Å². The van der Waals surface area contributed by atoms with Crippen molar-refractivity contribution in [2.75, 3.05) is 33.3 Å². The molecule has 0 saturated heterocycles. The van der Waals surface area contributed by atoms with Crippen LogP contribution in [0.5, 0.6) is 5.75 Å². The van der Waals surface area contributed by atoms with E-state index in [0.717, 1.165) is 12.1 Å². The molecule has 6 nitrogen and oxygen atoms in total. The molecular formula is C16H21F3N2O4. The summed E-state index contributed by atoms with van der Waals surface area (Å²) in [7, 11) is 1.62. The van der Waals surface area contributed by atoms with E-state index in [4.69, 9.17) is 9.84 Å². The molecule has 1 atom stereocenters. The topological polar surface area (TPSA) is 78.9 Å². The maximum Gasteiger partial charge on any atom is 0.416 e. The third-order valence-corrected chi connectivity index (χ3v) is 3.27. The fourth-order valence-electron chi connectivity index (χ4n) is 2.03. The monoisotopic (exact) mass is 362 g/mol. The number of amides is 1. The molecule has 1 aromatic rings. The third-order valence-electron chi connectivity index (χ3n) is 3.27. The molecule has 0 bridgehead atoms. The van der Waals surface area contributed by atoms with E-state index in [0.29, 0.717) is 0 Å². The Bertz CT molecular complexity index is 593. The van der Waals surface area contributed by atoms with Gasteiger partial charge < -0.3 is 15.2 Å². The molecule has 1 amide bonds. The molecule has 0 radical (unpaired) electrons. The highest BCUT2D eigenvalue weighted by molar-refractivity contribution is 5.78. The van der Waals surface area contributed by atoms with Crippen LogP contribution in [-0.2, 0) is 15.8 Å². The highest BCUT2D eigenvalue weighted by Gasteiger charge is 2.30.